The lowest BCUT2D eigenvalue weighted by Crippen LogP contribution is -2.24. The van der Waals surface area contributed by atoms with Gasteiger partial charge in [0, 0.05) is 22.6 Å². The number of aliphatic hydroxyl groups excluding tert-OH is 1. The molecule has 0 fully saturated rings. The number of fused-ring (bicyclic) bond motifs is 1. The first kappa shape index (κ1) is 15.7. The van der Waals surface area contributed by atoms with Gasteiger partial charge in [-0.1, -0.05) is 29.8 Å². The molecule has 1 atom stereocenters. The fourth-order valence-electron chi connectivity index (χ4n) is 2.64. The van der Waals surface area contributed by atoms with E-state index in [0.29, 0.717) is 16.5 Å². The average Bonchev–Trinajstić information content (AvgIpc) is 2.71. The van der Waals surface area contributed by atoms with Crippen LogP contribution in [0.3, 0.4) is 0 Å². The summed E-state index contributed by atoms with van der Waals surface area (Å²) in [5.41, 5.74) is 3.23. The van der Waals surface area contributed by atoms with E-state index in [-0.39, 0.29) is 18.8 Å². The minimum absolute atomic E-state index is 0.0946. The summed E-state index contributed by atoms with van der Waals surface area (Å²) in [6.07, 6.45) is 0.241. The highest BCUT2D eigenvalue weighted by molar-refractivity contribution is 6.30. The SMILES string of the molecule is COc1ccc2c(c1)C(c1ccc(Cl)cc1)=N[C@@H](CO)C(=O)C2. The van der Waals surface area contributed by atoms with Crippen LogP contribution >= 0.6 is 11.6 Å². The normalized spacial score (nSPS) is 17.3. The predicted octanol–water partition coefficient (Wildman–Crippen LogP) is 2.67. The van der Waals surface area contributed by atoms with Gasteiger partial charge in [-0.2, -0.15) is 0 Å². The van der Waals surface area contributed by atoms with Gasteiger partial charge in [0.05, 0.1) is 19.4 Å². The minimum atomic E-state index is -0.751. The van der Waals surface area contributed by atoms with Crippen LogP contribution in [0.1, 0.15) is 16.7 Å². The molecule has 0 amide bonds. The molecule has 0 saturated heterocycles. The Labute approximate surface area is 139 Å². The van der Waals surface area contributed by atoms with Crippen molar-refractivity contribution in [1.29, 1.82) is 0 Å². The lowest BCUT2D eigenvalue weighted by atomic mass is 9.95. The summed E-state index contributed by atoms with van der Waals surface area (Å²) >= 11 is 5.96. The Morgan fingerprint density at radius 2 is 2.00 bits per heavy atom. The summed E-state index contributed by atoms with van der Waals surface area (Å²) in [7, 11) is 1.60. The highest BCUT2D eigenvalue weighted by atomic mass is 35.5. The van der Waals surface area contributed by atoms with E-state index in [2.05, 4.69) is 4.99 Å². The maximum Gasteiger partial charge on any atom is 0.164 e. The molecule has 5 heteroatoms. The average molecular weight is 330 g/mol. The van der Waals surface area contributed by atoms with E-state index in [1.807, 2.05) is 30.3 Å². The largest absolute Gasteiger partial charge is 0.497 e. The molecule has 4 nitrogen and oxygen atoms in total. The van der Waals surface area contributed by atoms with Crippen LogP contribution in [0, 0.1) is 0 Å². The third-order valence-electron chi connectivity index (χ3n) is 3.88. The van der Waals surface area contributed by atoms with Crippen molar-refractivity contribution in [2.75, 3.05) is 13.7 Å². The van der Waals surface area contributed by atoms with Crippen LogP contribution in [0.5, 0.6) is 5.75 Å². The van der Waals surface area contributed by atoms with Crippen molar-refractivity contribution in [3.8, 4) is 5.75 Å². The van der Waals surface area contributed by atoms with Gasteiger partial charge in [-0.05, 0) is 29.8 Å². The Hall–Kier alpha value is -2.17. The molecule has 0 radical (unpaired) electrons. The summed E-state index contributed by atoms with van der Waals surface area (Å²) in [5.74, 6) is 0.600. The number of Topliss-reactive ketones (excluding diaryl/α,β-unsaturated/α-hetero) is 1. The van der Waals surface area contributed by atoms with Gasteiger partial charge < -0.3 is 9.84 Å². The molecule has 1 N–H and O–H groups in total. The number of aliphatic imine (C=N–C) groups is 1. The van der Waals surface area contributed by atoms with E-state index in [4.69, 9.17) is 16.3 Å². The van der Waals surface area contributed by atoms with Gasteiger partial charge in [0.1, 0.15) is 11.8 Å². The van der Waals surface area contributed by atoms with Gasteiger partial charge in [0.25, 0.3) is 0 Å². The number of halogens is 1. The molecule has 0 unspecified atom stereocenters. The first-order valence-electron chi connectivity index (χ1n) is 7.27. The van der Waals surface area contributed by atoms with Gasteiger partial charge in [-0.15, -0.1) is 0 Å². The van der Waals surface area contributed by atoms with Gasteiger partial charge in [-0.25, -0.2) is 0 Å². The molecule has 0 aliphatic carbocycles. The number of ether oxygens (including phenoxy) is 1. The lowest BCUT2D eigenvalue weighted by Gasteiger charge is -2.12. The van der Waals surface area contributed by atoms with Crippen molar-refractivity contribution in [3.63, 3.8) is 0 Å². The summed E-state index contributed by atoms with van der Waals surface area (Å²) < 4.78 is 5.29. The van der Waals surface area contributed by atoms with Gasteiger partial charge in [0.15, 0.2) is 5.78 Å². The Kier molecular flexibility index (Phi) is 4.46. The quantitative estimate of drug-likeness (QED) is 0.941. The van der Waals surface area contributed by atoms with Gasteiger partial charge in [-0.3, -0.25) is 9.79 Å². The molecule has 23 heavy (non-hydrogen) atoms. The van der Waals surface area contributed by atoms with E-state index < -0.39 is 6.04 Å². The zero-order chi connectivity index (χ0) is 16.4. The van der Waals surface area contributed by atoms with Crippen LogP contribution < -0.4 is 4.74 Å². The molecule has 2 aromatic carbocycles. The van der Waals surface area contributed by atoms with Crippen LogP contribution in [-0.4, -0.2) is 36.4 Å². The summed E-state index contributed by atoms with van der Waals surface area (Å²) in [6, 6.07) is 12.1. The Morgan fingerprint density at radius 1 is 1.26 bits per heavy atom. The smallest absolute Gasteiger partial charge is 0.164 e. The highest BCUT2D eigenvalue weighted by Gasteiger charge is 2.25. The van der Waals surface area contributed by atoms with Crippen molar-refractivity contribution in [3.05, 3.63) is 64.2 Å². The second-order valence-electron chi connectivity index (χ2n) is 5.35. The maximum absolute atomic E-state index is 12.3. The summed E-state index contributed by atoms with van der Waals surface area (Å²) in [6.45, 7) is -0.305. The number of methoxy groups -OCH3 is 1. The van der Waals surface area contributed by atoms with E-state index in [9.17, 15) is 9.90 Å². The van der Waals surface area contributed by atoms with Crippen molar-refractivity contribution in [2.45, 2.75) is 12.5 Å². The summed E-state index contributed by atoms with van der Waals surface area (Å²) in [4.78, 5) is 16.8. The number of hydrogen-bond acceptors (Lipinski definition) is 4. The van der Waals surface area contributed by atoms with Crippen LogP contribution in [0.4, 0.5) is 0 Å². The Bertz CT molecular complexity index is 768. The second kappa shape index (κ2) is 6.52. The zero-order valence-corrected chi connectivity index (χ0v) is 13.4. The van der Waals surface area contributed by atoms with E-state index in [0.717, 1.165) is 16.7 Å². The number of ketones is 1. The van der Waals surface area contributed by atoms with E-state index >= 15 is 0 Å². The molecular weight excluding hydrogens is 314 g/mol. The molecule has 2 aromatic rings. The van der Waals surface area contributed by atoms with E-state index in [1.54, 1.807) is 19.2 Å². The van der Waals surface area contributed by atoms with Crippen LogP contribution in [-0.2, 0) is 11.2 Å². The molecule has 0 saturated carbocycles. The topological polar surface area (TPSA) is 58.9 Å². The van der Waals surface area contributed by atoms with Crippen LogP contribution in [0.15, 0.2) is 47.5 Å². The highest BCUT2D eigenvalue weighted by Crippen LogP contribution is 2.26. The van der Waals surface area contributed by atoms with E-state index in [1.165, 1.54) is 0 Å². The number of aliphatic hydroxyl groups is 1. The Balaban J connectivity index is 2.20. The first-order chi connectivity index (χ1) is 11.1. The molecule has 0 bridgehead atoms. The zero-order valence-electron chi connectivity index (χ0n) is 12.6. The van der Waals surface area contributed by atoms with Gasteiger partial charge in [0.2, 0.25) is 0 Å². The van der Waals surface area contributed by atoms with Crippen molar-refractivity contribution in [2.24, 2.45) is 4.99 Å². The number of carbonyl (C=O) groups excluding carboxylic acids is 1. The Morgan fingerprint density at radius 3 is 2.65 bits per heavy atom. The van der Waals surface area contributed by atoms with Crippen molar-refractivity contribution < 1.29 is 14.6 Å². The summed E-state index contributed by atoms with van der Waals surface area (Å²) in [5, 5.41) is 10.1. The van der Waals surface area contributed by atoms with Crippen molar-refractivity contribution >= 4 is 23.1 Å². The molecule has 1 aliphatic rings. The molecular formula is C18H16ClNO3. The minimum Gasteiger partial charge on any atom is -0.497 e. The number of benzene rings is 2. The molecule has 118 valence electrons. The van der Waals surface area contributed by atoms with Crippen LogP contribution in [0.2, 0.25) is 5.02 Å². The number of hydrogen-bond donors (Lipinski definition) is 1. The van der Waals surface area contributed by atoms with Gasteiger partial charge >= 0.3 is 0 Å². The molecule has 1 aliphatic heterocycles. The standard InChI is InChI=1S/C18H16ClNO3/c1-23-14-7-4-12-8-17(22)16(10-21)20-18(15(12)9-14)11-2-5-13(19)6-3-11/h2-7,9,16,21H,8,10H2,1H3/t16-/m0/s1. The predicted molar refractivity (Wildman–Crippen MR) is 89.7 cm³/mol. The van der Waals surface area contributed by atoms with Crippen LogP contribution in [0.25, 0.3) is 0 Å². The lowest BCUT2D eigenvalue weighted by molar-refractivity contribution is -0.120. The molecule has 1 heterocycles. The first-order valence-corrected chi connectivity index (χ1v) is 7.64. The molecule has 3 rings (SSSR count). The number of carbonyl (C=O) groups is 1. The third kappa shape index (κ3) is 3.14. The molecule has 0 aromatic heterocycles. The maximum atomic E-state index is 12.3. The molecule has 0 spiro atoms. The number of nitrogens with zero attached hydrogens (tertiary/aromatic N) is 1. The monoisotopic (exact) mass is 329 g/mol. The fourth-order valence-corrected chi connectivity index (χ4v) is 2.77. The second-order valence-corrected chi connectivity index (χ2v) is 5.79. The fraction of sp³-hybridized carbons (Fsp3) is 0.222. The third-order valence-corrected chi connectivity index (χ3v) is 4.14. The van der Waals surface area contributed by atoms with Crippen molar-refractivity contribution in [1.82, 2.24) is 0 Å². The number of rotatable bonds is 3.